The van der Waals surface area contributed by atoms with Crippen LogP contribution in [0.15, 0.2) is 0 Å². The van der Waals surface area contributed by atoms with Crippen LogP contribution < -0.4 is 5.73 Å². The first kappa shape index (κ1) is 10.1. The van der Waals surface area contributed by atoms with Gasteiger partial charge in [-0.2, -0.15) is 0 Å². The third-order valence-corrected chi connectivity index (χ3v) is 2.60. The second kappa shape index (κ2) is 3.62. The quantitative estimate of drug-likeness (QED) is 0.673. The molecule has 0 aliphatic heterocycles. The van der Waals surface area contributed by atoms with E-state index in [2.05, 4.69) is 9.97 Å². The molecule has 2 rings (SSSR count). The molecule has 1 aromatic heterocycles. The summed E-state index contributed by atoms with van der Waals surface area (Å²) in [5.74, 6) is -0.287. The lowest BCUT2D eigenvalue weighted by Gasteiger charge is -2.08. The highest BCUT2D eigenvalue weighted by Gasteiger charge is 2.28. The molecule has 1 heterocycles. The van der Waals surface area contributed by atoms with Gasteiger partial charge in [0, 0.05) is 11.3 Å². The molecule has 1 fully saturated rings. The van der Waals surface area contributed by atoms with Crippen molar-refractivity contribution in [2.45, 2.75) is 25.2 Å². The molecule has 0 atom stereocenters. The van der Waals surface area contributed by atoms with E-state index in [1.54, 1.807) is 0 Å². The third-order valence-electron chi connectivity index (χ3n) is 2.41. The molecule has 0 aromatic carbocycles. The second-order valence-corrected chi connectivity index (χ2v) is 4.05. The van der Waals surface area contributed by atoms with Crippen LogP contribution in [0.2, 0.25) is 0 Å². The predicted octanol–water partition coefficient (Wildman–Crippen LogP) is 1.23. The van der Waals surface area contributed by atoms with Gasteiger partial charge in [-0.1, -0.05) is 0 Å². The number of carboxylic acid groups (broad SMARTS) is 1. The summed E-state index contributed by atoms with van der Waals surface area (Å²) in [6.07, 6.45) is 2.01. The molecule has 1 aliphatic rings. The van der Waals surface area contributed by atoms with Gasteiger partial charge in [-0.25, -0.2) is 4.98 Å². The number of nitrogens with zero attached hydrogens (tertiary/aromatic N) is 1. The van der Waals surface area contributed by atoms with Crippen LogP contribution >= 0.6 is 12.2 Å². The van der Waals surface area contributed by atoms with Crippen LogP contribution in [0.3, 0.4) is 0 Å². The van der Waals surface area contributed by atoms with Crippen LogP contribution in [0.25, 0.3) is 0 Å². The zero-order chi connectivity index (χ0) is 11.0. The van der Waals surface area contributed by atoms with E-state index >= 15 is 0 Å². The summed E-state index contributed by atoms with van der Waals surface area (Å²) >= 11 is 4.91. The van der Waals surface area contributed by atoms with Crippen molar-refractivity contribution in [2.24, 2.45) is 0 Å². The van der Waals surface area contributed by atoms with Crippen LogP contribution in [0, 0.1) is 4.77 Å². The SMILES string of the molecule is Nc1nc(=S)[nH]c(C2CC2)c1CC(=O)O. The number of nitrogens with one attached hydrogen (secondary N) is 1. The number of hydrogen-bond donors (Lipinski definition) is 3. The van der Waals surface area contributed by atoms with Gasteiger partial charge in [-0.15, -0.1) is 0 Å². The number of aromatic nitrogens is 2. The normalized spacial score (nSPS) is 15.2. The number of H-pyrrole nitrogens is 1. The summed E-state index contributed by atoms with van der Waals surface area (Å²) in [6.45, 7) is 0. The topological polar surface area (TPSA) is 92.0 Å². The molecule has 0 unspecified atom stereocenters. The second-order valence-electron chi connectivity index (χ2n) is 3.66. The smallest absolute Gasteiger partial charge is 0.308 e. The summed E-state index contributed by atoms with van der Waals surface area (Å²) in [5.41, 5.74) is 7.11. The van der Waals surface area contributed by atoms with Crippen molar-refractivity contribution in [1.82, 2.24) is 9.97 Å². The Bertz CT molecular complexity index is 465. The summed E-state index contributed by atoms with van der Waals surface area (Å²) in [6, 6.07) is 0. The Labute approximate surface area is 91.3 Å². The molecule has 0 radical (unpaired) electrons. The standard InChI is InChI=1S/C9H11N3O2S/c10-8-5(3-6(13)14)7(4-1-2-4)11-9(15)12-8/h4H,1-3H2,(H,13,14)(H3,10,11,12,15). The van der Waals surface area contributed by atoms with Gasteiger partial charge in [0.2, 0.25) is 0 Å². The number of aliphatic carboxylic acids is 1. The molecule has 80 valence electrons. The molecule has 5 nitrogen and oxygen atoms in total. The Morgan fingerprint density at radius 3 is 2.87 bits per heavy atom. The van der Waals surface area contributed by atoms with E-state index in [9.17, 15) is 4.79 Å². The number of anilines is 1. The lowest BCUT2D eigenvalue weighted by Crippen LogP contribution is -2.10. The minimum atomic E-state index is -0.907. The third kappa shape index (κ3) is 2.15. The van der Waals surface area contributed by atoms with Gasteiger partial charge in [0.1, 0.15) is 5.82 Å². The van der Waals surface area contributed by atoms with E-state index < -0.39 is 5.97 Å². The van der Waals surface area contributed by atoms with Gasteiger partial charge >= 0.3 is 5.97 Å². The zero-order valence-electron chi connectivity index (χ0n) is 7.99. The monoisotopic (exact) mass is 225 g/mol. The predicted molar refractivity (Wildman–Crippen MR) is 57.1 cm³/mol. The number of nitrogen functional groups attached to an aromatic ring is 1. The number of carboxylic acids is 1. The van der Waals surface area contributed by atoms with E-state index in [-0.39, 0.29) is 12.2 Å². The molecule has 0 bridgehead atoms. The molecule has 0 saturated heterocycles. The van der Waals surface area contributed by atoms with Gasteiger partial charge in [0.25, 0.3) is 0 Å². The Hall–Kier alpha value is -1.43. The molecular formula is C9H11N3O2S. The molecule has 1 aliphatic carbocycles. The molecule has 1 saturated carbocycles. The van der Waals surface area contributed by atoms with Crippen molar-refractivity contribution in [3.63, 3.8) is 0 Å². The average Bonchev–Trinajstić information content (AvgIpc) is 2.91. The highest BCUT2D eigenvalue weighted by molar-refractivity contribution is 7.71. The van der Waals surface area contributed by atoms with Crippen molar-refractivity contribution < 1.29 is 9.90 Å². The summed E-state index contributed by atoms with van der Waals surface area (Å²) in [5, 5.41) is 8.76. The molecular weight excluding hydrogens is 214 g/mol. The molecule has 0 amide bonds. The lowest BCUT2D eigenvalue weighted by atomic mass is 10.1. The Balaban J connectivity index is 2.48. The van der Waals surface area contributed by atoms with E-state index in [4.69, 9.17) is 23.1 Å². The summed E-state index contributed by atoms with van der Waals surface area (Å²) in [7, 11) is 0. The molecule has 15 heavy (non-hydrogen) atoms. The first-order chi connectivity index (χ1) is 7.08. The molecule has 1 aromatic rings. The van der Waals surface area contributed by atoms with Crippen LogP contribution in [0.1, 0.15) is 30.0 Å². The van der Waals surface area contributed by atoms with Crippen molar-refractivity contribution >= 4 is 24.0 Å². The highest BCUT2D eigenvalue weighted by atomic mass is 32.1. The zero-order valence-corrected chi connectivity index (χ0v) is 8.80. The van der Waals surface area contributed by atoms with Gasteiger partial charge < -0.3 is 15.8 Å². The Morgan fingerprint density at radius 2 is 2.33 bits per heavy atom. The van der Waals surface area contributed by atoms with Gasteiger partial charge in [0.05, 0.1) is 6.42 Å². The Kier molecular flexibility index (Phi) is 2.44. The minimum Gasteiger partial charge on any atom is -0.481 e. The van der Waals surface area contributed by atoms with Crippen LogP contribution in [-0.2, 0) is 11.2 Å². The molecule has 6 heteroatoms. The number of rotatable bonds is 3. The first-order valence-electron chi connectivity index (χ1n) is 4.68. The van der Waals surface area contributed by atoms with Gasteiger partial charge in [0.15, 0.2) is 4.77 Å². The van der Waals surface area contributed by atoms with Crippen molar-refractivity contribution in [1.29, 1.82) is 0 Å². The van der Waals surface area contributed by atoms with E-state index in [0.29, 0.717) is 16.3 Å². The number of aromatic amines is 1. The molecule has 0 spiro atoms. The summed E-state index contributed by atoms with van der Waals surface area (Å²) in [4.78, 5) is 17.5. The number of nitrogens with two attached hydrogens (primary N) is 1. The first-order valence-corrected chi connectivity index (χ1v) is 5.09. The van der Waals surface area contributed by atoms with Crippen molar-refractivity contribution in [2.75, 3.05) is 5.73 Å². The minimum absolute atomic E-state index is 0.100. The number of carbonyl (C=O) groups is 1. The van der Waals surface area contributed by atoms with Crippen molar-refractivity contribution in [3.05, 3.63) is 16.0 Å². The van der Waals surface area contributed by atoms with Crippen LogP contribution in [-0.4, -0.2) is 21.0 Å². The van der Waals surface area contributed by atoms with Crippen LogP contribution in [0.4, 0.5) is 5.82 Å². The Morgan fingerprint density at radius 1 is 1.67 bits per heavy atom. The molecule has 4 N–H and O–H groups in total. The van der Waals surface area contributed by atoms with Gasteiger partial charge in [-0.3, -0.25) is 4.79 Å². The largest absolute Gasteiger partial charge is 0.481 e. The maximum Gasteiger partial charge on any atom is 0.308 e. The lowest BCUT2D eigenvalue weighted by molar-refractivity contribution is -0.136. The van der Waals surface area contributed by atoms with E-state index in [0.717, 1.165) is 18.5 Å². The van der Waals surface area contributed by atoms with Gasteiger partial charge in [-0.05, 0) is 31.0 Å². The van der Waals surface area contributed by atoms with E-state index in [1.165, 1.54) is 0 Å². The number of hydrogen-bond acceptors (Lipinski definition) is 4. The van der Waals surface area contributed by atoms with E-state index in [1.807, 2.05) is 0 Å². The maximum atomic E-state index is 10.7. The average molecular weight is 225 g/mol. The maximum absolute atomic E-state index is 10.7. The fraction of sp³-hybridized carbons (Fsp3) is 0.444. The highest BCUT2D eigenvalue weighted by Crippen LogP contribution is 2.41. The van der Waals surface area contributed by atoms with Crippen LogP contribution in [0.5, 0.6) is 0 Å². The fourth-order valence-corrected chi connectivity index (χ4v) is 1.80. The fourth-order valence-electron chi connectivity index (χ4n) is 1.59. The van der Waals surface area contributed by atoms with Crippen molar-refractivity contribution in [3.8, 4) is 0 Å². The summed E-state index contributed by atoms with van der Waals surface area (Å²) < 4.78 is 0.323.